The minimum absolute atomic E-state index is 0.216. The Morgan fingerprint density at radius 3 is 1.86 bits per heavy atom. The van der Waals surface area contributed by atoms with Gasteiger partial charge in [-0.1, -0.05) is 20.8 Å². The third-order valence-electron chi connectivity index (χ3n) is 2.77. The quantitative estimate of drug-likeness (QED) is 0.712. The fourth-order valence-electron chi connectivity index (χ4n) is 2.19. The van der Waals surface area contributed by atoms with Gasteiger partial charge in [-0.3, -0.25) is 0 Å². The zero-order valence-electron chi connectivity index (χ0n) is 10.0. The van der Waals surface area contributed by atoms with Crippen molar-refractivity contribution < 1.29 is 0 Å². The molecule has 1 aromatic rings. The molecule has 14 heavy (non-hydrogen) atoms. The van der Waals surface area contributed by atoms with E-state index in [0.29, 0.717) is 0 Å². The number of aromatic nitrogens is 1. The monoisotopic (exact) mass is 257 g/mol. The van der Waals surface area contributed by atoms with Crippen molar-refractivity contribution in [3.63, 3.8) is 0 Å². The lowest BCUT2D eigenvalue weighted by Crippen LogP contribution is -2.13. The van der Waals surface area contributed by atoms with Crippen LogP contribution in [-0.4, -0.2) is 4.57 Å². The van der Waals surface area contributed by atoms with E-state index in [2.05, 4.69) is 62.0 Å². The van der Waals surface area contributed by atoms with E-state index < -0.39 is 0 Å². The van der Waals surface area contributed by atoms with Gasteiger partial charge in [-0.2, -0.15) is 0 Å². The standard InChI is InChI=1S/C12H20BrN/c1-7-14-8(2)10(12(4,5)6)11(13)9(14)3/h7H2,1-6H3. The van der Waals surface area contributed by atoms with Gasteiger partial charge in [0.15, 0.2) is 0 Å². The van der Waals surface area contributed by atoms with Crippen LogP contribution in [0.1, 0.15) is 44.6 Å². The number of hydrogen-bond donors (Lipinski definition) is 0. The maximum absolute atomic E-state index is 3.71. The first kappa shape index (κ1) is 11.8. The van der Waals surface area contributed by atoms with Crippen molar-refractivity contribution in [3.05, 3.63) is 21.4 Å². The Labute approximate surface area is 95.6 Å². The number of nitrogens with zero attached hydrogens (tertiary/aromatic N) is 1. The second kappa shape index (κ2) is 3.73. The first-order valence-corrected chi connectivity index (χ1v) is 5.95. The highest BCUT2D eigenvalue weighted by molar-refractivity contribution is 9.10. The first-order chi connectivity index (χ1) is 6.30. The van der Waals surface area contributed by atoms with Crippen molar-refractivity contribution in [2.75, 3.05) is 0 Å². The van der Waals surface area contributed by atoms with Crippen molar-refractivity contribution in [1.82, 2.24) is 4.57 Å². The average Bonchev–Trinajstić information content (AvgIpc) is 2.22. The van der Waals surface area contributed by atoms with Crippen LogP contribution in [0.15, 0.2) is 4.47 Å². The van der Waals surface area contributed by atoms with Gasteiger partial charge in [0.2, 0.25) is 0 Å². The molecule has 0 saturated carbocycles. The molecule has 1 rings (SSSR count). The summed E-state index contributed by atoms with van der Waals surface area (Å²) in [7, 11) is 0. The molecule has 0 fully saturated rings. The summed E-state index contributed by atoms with van der Waals surface area (Å²) in [6.45, 7) is 14.4. The number of halogens is 1. The van der Waals surface area contributed by atoms with Gasteiger partial charge in [-0.15, -0.1) is 0 Å². The van der Waals surface area contributed by atoms with E-state index in [-0.39, 0.29) is 5.41 Å². The summed E-state index contributed by atoms with van der Waals surface area (Å²) >= 11 is 3.71. The molecule has 0 N–H and O–H groups in total. The van der Waals surface area contributed by atoms with E-state index in [1.807, 2.05) is 0 Å². The molecule has 80 valence electrons. The largest absolute Gasteiger partial charge is 0.348 e. The Morgan fingerprint density at radius 2 is 1.64 bits per heavy atom. The second-order valence-electron chi connectivity index (χ2n) is 4.85. The smallest absolute Gasteiger partial charge is 0.0421 e. The average molecular weight is 258 g/mol. The normalized spacial score (nSPS) is 12.2. The molecule has 0 aliphatic carbocycles. The minimum Gasteiger partial charge on any atom is -0.348 e. The van der Waals surface area contributed by atoms with E-state index in [1.54, 1.807) is 0 Å². The molecular weight excluding hydrogens is 238 g/mol. The van der Waals surface area contributed by atoms with Gasteiger partial charge in [-0.05, 0) is 47.7 Å². The lowest BCUT2D eigenvalue weighted by molar-refractivity contribution is 0.578. The van der Waals surface area contributed by atoms with Crippen molar-refractivity contribution in [2.24, 2.45) is 0 Å². The molecule has 0 saturated heterocycles. The molecule has 1 nitrogen and oxygen atoms in total. The van der Waals surface area contributed by atoms with Gasteiger partial charge in [0.1, 0.15) is 0 Å². The van der Waals surface area contributed by atoms with Gasteiger partial charge < -0.3 is 4.57 Å². The molecule has 0 aliphatic rings. The predicted octanol–water partition coefficient (Wildman–Crippen LogP) is 4.18. The zero-order chi connectivity index (χ0) is 11.1. The third kappa shape index (κ3) is 1.77. The molecule has 1 heterocycles. The number of rotatable bonds is 1. The van der Waals surface area contributed by atoms with Crippen molar-refractivity contribution in [3.8, 4) is 0 Å². The molecule has 0 aliphatic heterocycles. The second-order valence-corrected chi connectivity index (χ2v) is 5.65. The summed E-state index contributed by atoms with van der Waals surface area (Å²) in [5.74, 6) is 0. The highest BCUT2D eigenvalue weighted by Crippen LogP contribution is 2.36. The highest BCUT2D eigenvalue weighted by atomic mass is 79.9. The van der Waals surface area contributed by atoms with Gasteiger partial charge in [0.05, 0.1) is 0 Å². The van der Waals surface area contributed by atoms with E-state index in [1.165, 1.54) is 21.4 Å². The van der Waals surface area contributed by atoms with Gasteiger partial charge in [0, 0.05) is 22.4 Å². The molecular formula is C12H20BrN. The third-order valence-corrected chi connectivity index (χ3v) is 3.75. The van der Waals surface area contributed by atoms with E-state index in [0.717, 1.165) is 6.54 Å². The lowest BCUT2D eigenvalue weighted by Gasteiger charge is -2.20. The molecule has 0 aromatic carbocycles. The molecule has 0 bridgehead atoms. The van der Waals surface area contributed by atoms with Crippen molar-refractivity contribution in [2.45, 2.75) is 53.5 Å². The van der Waals surface area contributed by atoms with Crippen LogP contribution in [0, 0.1) is 13.8 Å². The summed E-state index contributed by atoms with van der Waals surface area (Å²) in [6, 6.07) is 0. The lowest BCUT2D eigenvalue weighted by atomic mass is 9.87. The van der Waals surface area contributed by atoms with Crippen molar-refractivity contribution in [1.29, 1.82) is 0 Å². The van der Waals surface area contributed by atoms with Gasteiger partial charge in [0.25, 0.3) is 0 Å². The van der Waals surface area contributed by atoms with Crippen LogP contribution < -0.4 is 0 Å². The molecule has 1 aromatic heterocycles. The maximum atomic E-state index is 3.71. The summed E-state index contributed by atoms with van der Waals surface area (Å²) < 4.78 is 3.65. The number of hydrogen-bond acceptors (Lipinski definition) is 0. The zero-order valence-corrected chi connectivity index (χ0v) is 11.6. The fraction of sp³-hybridized carbons (Fsp3) is 0.667. The molecule has 0 amide bonds. The van der Waals surface area contributed by atoms with E-state index >= 15 is 0 Å². The summed E-state index contributed by atoms with van der Waals surface area (Å²) in [5.41, 5.74) is 4.39. The summed E-state index contributed by atoms with van der Waals surface area (Å²) in [4.78, 5) is 0. The topological polar surface area (TPSA) is 4.93 Å². The van der Waals surface area contributed by atoms with E-state index in [4.69, 9.17) is 0 Å². The Morgan fingerprint density at radius 1 is 1.14 bits per heavy atom. The first-order valence-electron chi connectivity index (χ1n) is 5.16. The van der Waals surface area contributed by atoms with Crippen molar-refractivity contribution >= 4 is 15.9 Å². The Bertz CT molecular complexity index is 342. The Hall–Kier alpha value is -0.240. The summed E-state index contributed by atoms with van der Waals surface area (Å²) in [6.07, 6.45) is 0. The van der Waals surface area contributed by atoms with Gasteiger partial charge in [-0.25, -0.2) is 0 Å². The van der Waals surface area contributed by atoms with Crippen LogP contribution in [0.2, 0.25) is 0 Å². The van der Waals surface area contributed by atoms with Crippen LogP contribution in [0.5, 0.6) is 0 Å². The van der Waals surface area contributed by atoms with Crippen LogP contribution >= 0.6 is 15.9 Å². The fourth-order valence-corrected chi connectivity index (χ4v) is 3.29. The highest BCUT2D eigenvalue weighted by Gasteiger charge is 2.24. The van der Waals surface area contributed by atoms with Crippen LogP contribution in [0.3, 0.4) is 0 Å². The molecule has 2 heteroatoms. The van der Waals surface area contributed by atoms with Crippen LogP contribution in [-0.2, 0) is 12.0 Å². The van der Waals surface area contributed by atoms with Crippen LogP contribution in [0.25, 0.3) is 0 Å². The predicted molar refractivity (Wildman–Crippen MR) is 66.0 cm³/mol. The Kier molecular flexibility index (Phi) is 3.15. The molecule has 0 spiro atoms. The molecule has 0 unspecified atom stereocenters. The summed E-state index contributed by atoms with van der Waals surface area (Å²) in [5, 5.41) is 0. The maximum Gasteiger partial charge on any atom is 0.0421 e. The SMILES string of the molecule is CCn1c(C)c(Br)c(C(C)(C)C)c1C. The van der Waals surface area contributed by atoms with E-state index in [9.17, 15) is 0 Å². The van der Waals surface area contributed by atoms with Crippen LogP contribution in [0.4, 0.5) is 0 Å². The molecule has 0 atom stereocenters. The molecule has 0 radical (unpaired) electrons. The Balaban J connectivity index is 3.46. The van der Waals surface area contributed by atoms with Gasteiger partial charge >= 0.3 is 0 Å². The minimum atomic E-state index is 0.216.